The third-order valence-corrected chi connectivity index (χ3v) is 2.16. The van der Waals surface area contributed by atoms with Crippen LogP contribution in [0.4, 0.5) is 0 Å². The highest BCUT2D eigenvalue weighted by atomic mass is 16.3. The van der Waals surface area contributed by atoms with Gasteiger partial charge in [0.05, 0.1) is 6.54 Å². The fourth-order valence-electron chi connectivity index (χ4n) is 1.39. The summed E-state index contributed by atoms with van der Waals surface area (Å²) in [6.07, 6.45) is 0. The van der Waals surface area contributed by atoms with Gasteiger partial charge >= 0.3 is 0 Å². The summed E-state index contributed by atoms with van der Waals surface area (Å²) in [5.74, 6) is 0.604. The molecule has 0 fully saturated rings. The summed E-state index contributed by atoms with van der Waals surface area (Å²) in [6, 6.07) is 4.07. The highest BCUT2D eigenvalue weighted by molar-refractivity contribution is 5.79. The Balaban J connectivity index is 2.80. The molecule has 2 N–H and O–H groups in total. The van der Waals surface area contributed by atoms with E-state index in [4.69, 9.17) is 10.2 Å². The molecule has 0 aliphatic rings. The summed E-state index contributed by atoms with van der Waals surface area (Å²) in [5, 5.41) is 0. The smallest absolute Gasteiger partial charge is 0.209 e. The van der Waals surface area contributed by atoms with Crippen molar-refractivity contribution in [1.82, 2.24) is 4.98 Å². The Morgan fingerprint density at radius 3 is 2.62 bits per heavy atom. The van der Waals surface area contributed by atoms with Crippen LogP contribution in [-0.2, 0) is 6.54 Å². The monoisotopic (exact) mass is 176 g/mol. The van der Waals surface area contributed by atoms with Crippen LogP contribution in [0, 0.1) is 13.8 Å². The van der Waals surface area contributed by atoms with Gasteiger partial charge in [-0.15, -0.1) is 0 Å². The van der Waals surface area contributed by atoms with Gasteiger partial charge in [-0.2, -0.15) is 0 Å². The summed E-state index contributed by atoms with van der Waals surface area (Å²) in [7, 11) is 0. The van der Waals surface area contributed by atoms with E-state index in [0.29, 0.717) is 12.4 Å². The van der Waals surface area contributed by atoms with Crippen molar-refractivity contribution < 1.29 is 4.42 Å². The Labute approximate surface area is 76.6 Å². The third-order valence-electron chi connectivity index (χ3n) is 2.16. The van der Waals surface area contributed by atoms with Gasteiger partial charge in [0.15, 0.2) is 5.58 Å². The molecular weight excluding hydrogens is 164 g/mol. The van der Waals surface area contributed by atoms with Crippen LogP contribution < -0.4 is 5.73 Å². The average molecular weight is 176 g/mol. The Bertz CT molecular complexity index is 406. The zero-order chi connectivity index (χ0) is 9.42. The molecule has 1 aromatic carbocycles. The van der Waals surface area contributed by atoms with Gasteiger partial charge in [0, 0.05) is 0 Å². The number of fused-ring (bicyclic) bond motifs is 1. The molecule has 0 spiro atoms. The fraction of sp³-hybridized carbons (Fsp3) is 0.300. The van der Waals surface area contributed by atoms with Crippen molar-refractivity contribution >= 4 is 11.1 Å². The minimum absolute atomic E-state index is 0.355. The molecule has 0 radical (unpaired) electrons. The minimum Gasteiger partial charge on any atom is -0.439 e. The highest BCUT2D eigenvalue weighted by Gasteiger charge is 2.08. The van der Waals surface area contributed by atoms with Crippen molar-refractivity contribution in [2.75, 3.05) is 0 Å². The Hall–Kier alpha value is -1.35. The van der Waals surface area contributed by atoms with Gasteiger partial charge in [-0.25, -0.2) is 4.98 Å². The van der Waals surface area contributed by atoms with Crippen LogP contribution in [0.1, 0.15) is 17.0 Å². The van der Waals surface area contributed by atoms with Crippen molar-refractivity contribution in [3.8, 4) is 0 Å². The first-order chi connectivity index (χ1) is 6.22. The minimum atomic E-state index is 0.355. The van der Waals surface area contributed by atoms with E-state index in [-0.39, 0.29) is 0 Å². The lowest BCUT2D eigenvalue weighted by atomic mass is 10.1. The van der Waals surface area contributed by atoms with Crippen molar-refractivity contribution in [2.45, 2.75) is 20.4 Å². The third kappa shape index (κ3) is 1.21. The van der Waals surface area contributed by atoms with Crippen LogP contribution in [0.2, 0.25) is 0 Å². The van der Waals surface area contributed by atoms with Crippen LogP contribution in [0.5, 0.6) is 0 Å². The molecule has 0 saturated carbocycles. The highest BCUT2D eigenvalue weighted by Crippen LogP contribution is 2.22. The van der Waals surface area contributed by atoms with E-state index in [1.54, 1.807) is 0 Å². The molecule has 2 aromatic rings. The first-order valence-electron chi connectivity index (χ1n) is 4.28. The van der Waals surface area contributed by atoms with Gasteiger partial charge in [-0.05, 0) is 25.0 Å². The second kappa shape index (κ2) is 2.85. The number of nitrogens with two attached hydrogens (primary N) is 1. The molecule has 0 amide bonds. The number of aromatic nitrogens is 1. The topological polar surface area (TPSA) is 52.0 Å². The molecule has 3 heteroatoms. The number of oxazole rings is 1. The summed E-state index contributed by atoms with van der Waals surface area (Å²) in [4.78, 5) is 4.30. The molecule has 1 aromatic heterocycles. The van der Waals surface area contributed by atoms with E-state index in [1.165, 1.54) is 0 Å². The normalized spacial score (nSPS) is 11.0. The van der Waals surface area contributed by atoms with Crippen LogP contribution >= 0.6 is 0 Å². The van der Waals surface area contributed by atoms with Gasteiger partial charge in [-0.3, -0.25) is 0 Å². The number of aryl methyl sites for hydroxylation is 2. The lowest BCUT2D eigenvalue weighted by Gasteiger charge is -1.94. The second-order valence-electron chi connectivity index (χ2n) is 3.19. The first kappa shape index (κ1) is 8.26. The van der Waals surface area contributed by atoms with Gasteiger partial charge in [0.1, 0.15) is 5.52 Å². The molecule has 0 saturated heterocycles. The Morgan fingerprint density at radius 2 is 2.00 bits per heavy atom. The number of hydrogen-bond acceptors (Lipinski definition) is 3. The zero-order valence-electron chi connectivity index (χ0n) is 7.79. The summed E-state index contributed by atoms with van der Waals surface area (Å²) in [5.41, 5.74) is 9.48. The molecule has 2 rings (SSSR count). The fourth-order valence-corrected chi connectivity index (χ4v) is 1.39. The average Bonchev–Trinajstić information content (AvgIpc) is 2.56. The maximum atomic E-state index is 5.49. The zero-order valence-corrected chi connectivity index (χ0v) is 7.79. The van der Waals surface area contributed by atoms with E-state index < -0.39 is 0 Å². The van der Waals surface area contributed by atoms with Crippen LogP contribution in [-0.4, -0.2) is 4.98 Å². The largest absolute Gasteiger partial charge is 0.439 e. The molecule has 0 aliphatic heterocycles. The van der Waals surface area contributed by atoms with Gasteiger partial charge in [0.25, 0.3) is 0 Å². The Morgan fingerprint density at radius 1 is 1.31 bits per heavy atom. The molecule has 3 nitrogen and oxygen atoms in total. The van der Waals surface area contributed by atoms with E-state index >= 15 is 0 Å². The summed E-state index contributed by atoms with van der Waals surface area (Å²) in [6.45, 7) is 4.38. The number of benzene rings is 1. The van der Waals surface area contributed by atoms with Crippen molar-refractivity contribution in [2.24, 2.45) is 5.73 Å². The predicted molar refractivity (Wildman–Crippen MR) is 51.4 cm³/mol. The van der Waals surface area contributed by atoms with E-state index in [0.717, 1.165) is 22.2 Å². The van der Waals surface area contributed by atoms with E-state index in [9.17, 15) is 0 Å². The van der Waals surface area contributed by atoms with Crippen LogP contribution in [0.15, 0.2) is 16.5 Å². The van der Waals surface area contributed by atoms with Gasteiger partial charge in [0.2, 0.25) is 5.89 Å². The molecule has 13 heavy (non-hydrogen) atoms. The maximum Gasteiger partial charge on any atom is 0.209 e. The van der Waals surface area contributed by atoms with Crippen LogP contribution in [0.3, 0.4) is 0 Å². The number of nitrogens with zero attached hydrogens (tertiary/aromatic N) is 1. The number of hydrogen-bond donors (Lipinski definition) is 1. The molecule has 0 aliphatic carbocycles. The molecule has 1 heterocycles. The van der Waals surface area contributed by atoms with Gasteiger partial charge < -0.3 is 10.2 Å². The number of rotatable bonds is 1. The van der Waals surface area contributed by atoms with Gasteiger partial charge in [-0.1, -0.05) is 12.1 Å². The molecule has 0 bridgehead atoms. The quantitative estimate of drug-likeness (QED) is 0.722. The van der Waals surface area contributed by atoms with Crippen molar-refractivity contribution in [3.63, 3.8) is 0 Å². The SMILES string of the molecule is Cc1ccc(C)c2oc(CN)nc12. The standard InChI is InChI=1S/C10H12N2O/c1-6-3-4-7(2)10-9(6)12-8(5-11)13-10/h3-4H,5,11H2,1-2H3. The molecule has 0 atom stereocenters. The lowest BCUT2D eigenvalue weighted by Crippen LogP contribution is -1.95. The van der Waals surface area contributed by atoms with E-state index in [2.05, 4.69) is 4.98 Å². The van der Waals surface area contributed by atoms with Crippen molar-refractivity contribution in [1.29, 1.82) is 0 Å². The van der Waals surface area contributed by atoms with Crippen molar-refractivity contribution in [3.05, 3.63) is 29.2 Å². The maximum absolute atomic E-state index is 5.49. The van der Waals surface area contributed by atoms with E-state index in [1.807, 2.05) is 26.0 Å². The molecular formula is C10H12N2O. The second-order valence-corrected chi connectivity index (χ2v) is 3.19. The van der Waals surface area contributed by atoms with Crippen LogP contribution in [0.25, 0.3) is 11.1 Å². The Kier molecular flexibility index (Phi) is 1.81. The molecule has 0 unspecified atom stereocenters. The molecule has 68 valence electrons. The lowest BCUT2D eigenvalue weighted by molar-refractivity contribution is 0.531. The first-order valence-corrected chi connectivity index (χ1v) is 4.28. The summed E-state index contributed by atoms with van der Waals surface area (Å²) >= 11 is 0. The summed E-state index contributed by atoms with van der Waals surface area (Å²) < 4.78 is 5.49. The predicted octanol–water partition coefficient (Wildman–Crippen LogP) is 1.90.